The average Bonchev–Trinajstić information content (AvgIpc) is 2.48. The molecule has 1 fully saturated rings. The standard InChI is InChI=1S/C16H27N3O/c1-3-7-17-15-4-8-18-16(11-15)12-19-9-5-14(6-10-19)13-20-2/h4,8,11,14H,3,5-7,9-10,12-13H2,1-2H3,(H,17,18). The lowest BCUT2D eigenvalue weighted by Gasteiger charge is -2.31. The molecule has 112 valence electrons. The Kier molecular flexibility index (Phi) is 6.27. The molecule has 1 saturated heterocycles. The third kappa shape index (κ3) is 4.76. The smallest absolute Gasteiger partial charge is 0.0564 e. The number of rotatable bonds is 7. The zero-order valence-electron chi connectivity index (χ0n) is 12.8. The highest BCUT2D eigenvalue weighted by molar-refractivity contribution is 5.43. The molecule has 0 radical (unpaired) electrons. The van der Waals surface area contributed by atoms with Crippen LogP contribution in [0.3, 0.4) is 0 Å². The maximum atomic E-state index is 5.25. The van der Waals surface area contributed by atoms with Gasteiger partial charge in [-0.05, 0) is 50.4 Å². The highest BCUT2D eigenvalue weighted by atomic mass is 16.5. The molecule has 1 N–H and O–H groups in total. The van der Waals surface area contributed by atoms with Crippen LogP contribution >= 0.6 is 0 Å². The van der Waals surface area contributed by atoms with Gasteiger partial charge in [0.05, 0.1) is 5.69 Å². The van der Waals surface area contributed by atoms with Gasteiger partial charge in [0.15, 0.2) is 0 Å². The van der Waals surface area contributed by atoms with Crippen molar-refractivity contribution in [3.8, 4) is 0 Å². The molecule has 0 amide bonds. The lowest BCUT2D eigenvalue weighted by atomic mass is 9.98. The van der Waals surface area contributed by atoms with E-state index < -0.39 is 0 Å². The molecule has 1 aliphatic rings. The summed E-state index contributed by atoms with van der Waals surface area (Å²) in [6, 6.07) is 4.22. The number of piperidine rings is 1. The summed E-state index contributed by atoms with van der Waals surface area (Å²) >= 11 is 0. The summed E-state index contributed by atoms with van der Waals surface area (Å²) in [6.45, 7) is 7.37. The number of hydrogen-bond acceptors (Lipinski definition) is 4. The van der Waals surface area contributed by atoms with Crippen LogP contribution in [0.5, 0.6) is 0 Å². The molecule has 1 aliphatic heterocycles. The molecule has 4 heteroatoms. The Balaban J connectivity index is 1.81. The summed E-state index contributed by atoms with van der Waals surface area (Å²) in [4.78, 5) is 6.99. The van der Waals surface area contributed by atoms with E-state index in [9.17, 15) is 0 Å². The van der Waals surface area contributed by atoms with Gasteiger partial charge in [-0.2, -0.15) is 0 Å². The summed E-state index contributed by atoms with van der Waals surface area (Å²) in [6.07, 6.45) is 5.53. The maximum Gasteiger partial charge on any atom is 0.0564 e. The monoisotopic (exact) mass is 277 g/mol. The Hall–Kier alpha value is -1.13. The number of likely N-dealkylation sites (tertiary alicyclic amines) is 1. The van der Waals surface area contributed by atoms with E-state index in [1.54, 1.807) is 7.11 Å². The number of aromatic nitrogens is 1. The van der Waals surface area contributed by atoms with Gasteiger partial charge in [0.25, 0.3) is 0 Å². The Labute approximate surface area is 122 Å². The number of anilines is 1. The van der Waals surface area contributed by atoms with Gasteiger partial charge in [-0.25, -0.2) is 0 Å². The van der Waals surface area contributed by atoms with E-state index in [-0.39, 0.29) is 0 Å². The van der Waals surface area contributed by atoms with Gasteiger partial charge in [-0.3, -0.25) is 9.88 Å². The van der Waals surface area contributed by atoms with Crippen molar-refractivity contribution in [2.24, 2.45) is 5.92 Å². The largest absolute Gasteiger partial charge is 0.385 e. The number of pyridine rings is 1. The molecule has 0 aromatic carbocycles. The van der Waals surface area contributed by atoms with Crippen LogP contribution in [0, 0.1) is 5.92 Å². The SMILES string of the molecule is CCCNc1ccnc(CN2CCC(COC)CC2)c1. The first-order valence-corrected chi connectivity index (χ1v) is 7.72. The highest BCUT2D eigenvalue weighted by Gasteiger charge is 2.19. The van der Waals surface area contributed by atoms with E-state index in [4.69, 9.17) is 4.74 Å². The molecule has 4 nitrogen and oxygen atoms in total. The fraction of sp³-hybridized carbons (Fsp3) is 0.688. The van der Waals surface area contributed by atoms with E-state index >= 15 is 0 Å². The van der Waals surface area contributed by atoms with Gasteiger partial charge in [-0.1, -0.05) is 6.92 Å². The lowest BCUT2D eigenvalue weighted by molar-refractivity contribution is 0.0963. The second-order valence-corrected chi connectivity index (χ2v) is 5.64. The lowest BCUT2D eigenvalue weighted by Crippen LogP contribution is -2.34. The molecular weight excluding hydrogens is 250 g/mol. The van der Waals surface area contributed by atoms with Crippen LogP contribution in [0.2, 0.25) is 0 Å². The van der Waals surface area contributed by atoms with Gasteiger partial charge in [0.2, 0.25) is 0 Å². The minimum Gasteiger partial charge on any atom is -0.385 e. The van der Waals surface area contributed by atoms with Gasteiger partial charge < -0.3 is 10.1 Å². The van der Waals surface area contributed by atoms with Crippen molar-refractivity contribution < 1.29 is 4.74 Å². The van der Waals surface area contributed by atoms with E-state index in [0.717, 1.165) is 50.8 Å². The molecule has 1 aromatic rings. The maximum absolute atomic E-state index is 5.25. The van der Waals surface area contributed by atoms with Gasteiger partial charge >= 0.3 is 0 Å². The Morgan fingerprint density at radius 2 is 2.20 bits per heavy atom. The molecule has 2 rings (SSSR count). The Morgan fingerprint density at radius 1 is 1.40 bits per heavy atom. The van der Waals surface area contributed by atoms with Crippen molar-refractivity contribution in [1.29, 1.82) is 0 Å². The summed E-state index contributed by atoms with van der Waals surface area (Å²) in [7, 11) is 1.80. The van der Waals surface area contributed by atoms with Crippen molar-refractivity contribution in [2.75, 3.05) is 38.7 Å². The number of ether oxygens (including phenoxy) is 1. The molecule has 0 aliphatic carbocycles. The quantitative estimate of drug-likeness (QED) is 0.831. The highest BCUT2D eigenvalue weighted by Crippen LogP contribution is 2.19. The van der Waals surface area contributed by atoms with Gasteiger partial charge in [0, 0.05) is 38.7 Å². The molecule has 0 atom stereocenters. The van der Waals surface area contributed by atoms with E-state index in [2.05, 4.69) is 28.2 Å². The minimum absolute atomic E-state index is 0.738. The molecule has 20 heavy (non-hydrogen) atoms. The van der Waals surface area contributed by atoms with Crippen LogP contribution in [0.15, 0.2) is 18.3 Å². The normalized spacial score (nSPS) is 17.3. The topological polar surface area (TPSA) is 37.4 Å². The average molecular weight is 277 g/mol. The molecule has 1 aromatic heterocycles. The summed E-state index contributed by atoms with van der Waals surface area (Å²) in [5.41, 5.74) is 2.35. The van der Waals surface area contributed by atoms with Gasteiger partial charge in [-0.15, -0.1) is 0 Å². The van der Waals surface area contributed by atoms with E-state index in [1.165, 1.54) is 18.5 Å². The molecule has 0 unspecified atom stereocenters. The predicted octanol–water partition coefficient (Wildman–Crippen LogP) is 2.76. The molecule has 0 saturated carbocycles. The predicted molar refractivity (Wildman–Crippen MR) is 82.9 cm³/mol. The van der Waals surface area contributed by atoms with Crippen LogP contribution in [-0.4, -0.2) is 43.2 Å². The van der Waals surface area contributed by atoms with Crippen LogP contribution in [0.25, 0.3) is 0 Å². The van der Waals surface area contributed by atoms with Gasteiger partial charge in [0.1, 0.15) is 0 Å². The molecule has 2 heterocycles. The zero-order chi connectivity index (χ0) is 14.2. The second kappa shape index (κ2) is 8.22. The fourth-order valence-electron chi connectivity index (χ4n) is 2.72. The van der Waals surface area contributed by atoms with Crippen molar-refractivity contribution >= 4 is 5.69 Å². The Bertz CT molecular complexity index is 389. The Morgan fingerprint density at radius 3 is 2.90 bits per heavy atom. The van der Waals surface area contributed by atoms with Crippen LogP contribution in [0.1, 0.15) is 31.9 Å². The van der Waals surface area contributed by atoms with Crippen molar-refractivity contribution in [1.82, 2.24) is 9.88 Å². The third-order valence-corrected chi connectivity index (χ3v) is 3.89. The summed E-state index contributed by atoms with van der Waals surface area (Å²) in [5, 5.41) is 3.42. The van der Waals surface area contributed by atoms with Crippen molar-refractivity contribution in [2.45, 2.75) is 32.7 Å². The zero-order valence-corrected chi connectivity index (χ0v) is 12.8. The first-order chi connectivity index (χ1) is 9.81. The molecule has 0 bridgehead atoms. The number of hydrogen-bond donors (Lipinski definition) is 1. The van der Waals surface area contributed by atoms with Crippen LogP contribution < -0.4 is 5.32 Å². The van der Waals surface area contributed by atoms with Crippen LogP contribution in [-0.2, 0) is 11.3 Å². The van der Waals surface area contributed by atoms with Crippen LogP contribution in [0.4, 0.5) is 5.69 Å². The number of nitrogens with zero attached hydrogens (tertiary/aromatic N) is 2. The van der Waals surface area contributed by atoms with Crippen molar-refractivity contribution in [3.05, 3.63) is 24.0 Å². The molecular formula is C16H27N3O. The van der Waals surface area contributed by atoms with Crippen molar-refractivity contribution in [3.63, 3.8) is 0 Å². The van der Waals surface area contributed by atoms with E-state index in [1.807, 2.05) is 12.3 Å². The van der Waals surface area contributed by atoms with E-state index in [0.29, 0.717) is 0 Å². The first kappa shape index (κ1) is 15.3. The first-order valence-electron chi connectivity index (χ1n) is 7.72. The fourth-order valence-corrected chi connectivity index (χ4v) is 2.72. The second-order valence-electron chi connectivity index (χ2n) is 5.64. The summed E-state index contributed by atoms with van der Waals surface area (Å²) < 4.78 is 5.25. The minimum atomic E-state index is 0.738. The molecule has 0 spiro atoms. The summed E-state index contributed by atoms with van der Waals surface area (Å²) in [5.74, 6) is 0.738. The number of methoxy groups -OCH3 is 1. The number of nitrogens with one attached hydrogen (secondary N) is 1. The third-order valence-electron chi connectivity index (χ3n) is 3.89.